The fraction of sp³-hybridized carbons (Fsp3) is 0.308. The quantitative estimate of drug-likeness (QED) is 0.317. The Kier molecular flexibility index (Phi) is 7.88. The van der Waals surface area contributed by atoms with Gasteiger partial charge in [0, 0.05) is 27.1 Å². The van der Waals surface area contributed by atoms with Crippen LogP contribution in [0.4, 0.5) is 5.69 Å². The zero-order chi connectivity index (χ0) is 15.6. The van der Waals surface area contributed by atoms with E-state index >= 15 is 0 Å². The molecule has 0 radical (unpaired) electrons. The van der Waals surface area contributed by atoms with Gasteiger partial charge in [-0.15, -0.1) is 0 Å². The first kappa shape index (κ1) is 20.4. The van der Waals surface area contributed by atoms with Crippen molar-refractivity contribution in [1.29, 1.82) is 0 Å². The van der Waals surface area contributed by atoms with Crippen molar-refractivity contribution in [2.45, 2.75) is 18.2 Å². The fourth-order valence-corrected chi connectivity index (χ4v) is 3.99. The minimum atomic E-state index is -4.20. The van der Waals surface area contributed by atoms with Crippen LogP contribution in [0.15, 0.2) is 34.2 Å². The van der Waals surface area contributed by atoms with Crippen molar-refractivity contribution >= 4 is 56.3 Å². The van der Waals surface area contributed by atoms with Gasteiger partial charge in [-0.1, -0.05) is 35.6 Å². The Morgan fingerprint density at radius 2 is 2.18 bits per heavy atom. The molecule has 0 bridgehead atoms. The Bertz CT molecular complexity index is 706. The molecule has 114 valence electrons. The minimum Gasteiger partial charge on any atom is -0.748 e. The Balaban J connectivity index is 0.00000242. The van der Waals surface area contributed by atoms with Crippen molar-refractivity contribution < 1.29 is 42.5 Å². The Morgan fingerprint density at radius 1 is 1.50 bits per heavy atom. The van der Waals surface area contributed by atoms with Gasteiger partial charge in [-0.25, -0.2) is 8.42 Å². The molecule has 0 N–H and O–H groups in total. The molecule has 0 aromatic heterocycles. The van der Waals surface area contributed by atoms with E-state index in [9.17, 15) is 13.0 Å². The number of hydrogen-bond acceptors (Lipinski definition) is 6. The number of rotatable bonds is 5. The minimum absolute atomic E-state index is 0. The molecule has 0 aliphatic carbocycles. The summed E-state index contributed by atoms with van der Waals surface area (Å²) in [5.41, 5.74) is 0.915. The number of fused-ring (bicyclic) bond motifs is 1. The number of thioether (sulfide) groups is 1. The number of hydrogen-bond donors (Lipinski definition) is 0. The monoisotopic (exact) mass is 385 g/mol. The summed E-state index contributed by atoms with van der Waals surface area (Å²) in [5.74, 6) is -0.381. The first-order chi connectivity index (χ1) is 9.76. The molecule has 1 heterocycles. The first-order valence-electron chi connectivity index (χ1n) is 6.17. The predicted octanol–water partition coefficient (Wildman–Crippen LogP) is 0.423. The number of benzene rings is 1. The van der Waals surface area contributed by atoms with Crippen LogP contribution in [0.1, 0.15) is 13.3 Å². The molecule has 1 aromatic rings. The van der Waals surface area contributed by atoms with Crippen LogP contribution in [-0.4, -0.2) is 30.1 Å². The zero-order valence-corrected chi connectivity index (χ0v) is 17.4. The van der Waals surface area contributed by atoms with E-state index in [4.69, 9.17) is 23.8 Å². The SMILES string of the molecule is CC(=S)/C=C1\Sc2ccc(Cl)cc2N1CCCS(=O)(=O)[O-].[Na+]. The smallest absolute Gasteiger partial charge is 0.748 e. The van der Waals surface area contributed by atoms with Crippen LogP contribution in [0.5, 0.6) is 0 Å². The summed E-state index contributed by atoms with van der Waals surface area (Å²) in [6, 6.07) is 5.55. The van der Waals surface area contributed by atoms with Crippen LogP contribution in [0, 0.1) is 0 Å². The van der Waals surface area contributed by atoms with Gasteiger partial charge in [0.25, 0.3) is 0 Å². The third-order valence-electron chi connectivity index (χ3n) is 2.80. The summed E-state index contributed by atoms with van der Waals surface area (Å²) < 4.78 is 32.2. The molecule has 0 saturated heterocycles. The number of thiocarbonyl (C=S) groups is 1. The van der Waals surface area contributed by atoms with Crippen LogP contribution >= 0.6 is 35.6 Å². The number of nitrogens with zero attached hydrogens (tertiary/aromatic N) is 1. The van der Waals surface area contributed by atoms with Crippen LogP contribution in [0.25, 0.3) is 0 Å². The standard InChI is InChI=1S/C13H14ClNO3S3.Na/c1-9(19)7-13-15(5-2-6-21(16,17)18)11-8-10(14)3-4-12(11)20-13;/h3-4,7-8H,2,5-6H2,1H3,(H,16,17,18);/q;+1/p-1/b13-7-;. The summed E-state index contributed by atoms with van der Waals surface area (Å²) in [5, 5.41) is 1.53. The molecule has 0 saturated carbocycles. The normalized spacial score (nSPS) is 15.6. The van der Waals surface area contributed by atoms with Crippen LogP contribution in [-0.2, 0) is 10.1 Å². The topological polar surface area (TPSA) is 60.4 Å². The van der Waals surface area contributed by atoms with E-state index in [0.29, 0.717) is 11.6 Å². The predicted molar refractivity (Wildman–Crippen MR) is 90.2 cm³/mol. The van der Waals surface area contributed by atoms with E-state index in [2.05, 4.69) is 0 Å². The third-order valence-corrected chi connectivity index (χ3v) is 5.05. The van der Waals surface area contributed by atoms with Gasteiger partial charge in [0.2, 0.25) is 0 Å². The maximum atomic E-state index is 10.7. The van der Waals surface area contributed by atoms with Crippen molar-refractivity contribution in [3.8, 4) is 0 Å². The third kappa shape index (κ3) is 5.79. The molecule has 0 amide bonds. The summed E-state index contributed by atoms with van der Waals surface area (Å²) >= 11 is 12.7. The molecule has 0 unspecified atom stereocenters. The van der Waals surface area contributed by atoms with Crippen LogP contribution < -0.4 is 34.5 Å². The van der Waals surface area contributed by atoms with Gasteiger partial charge < -0.3 is 9.45 Å². The van der Waals surface area contributed by atoms with Gasteiger partial charge in [-0.3, -0.25) is 0 Å². The second kappa shape index (κ2) is 8.48. The van der Waals surface area contributed by atoms with Crippen LogP contribution in [0.2, 0.25) is 5.02 Å². The van der Waals surface area contributed by atoms with Crippen molar-refractivity contribution in [1.82, 2.24) is 0 Å². The summed E-state index contributed by atoms with van der Waals surface area (Å²) in [6.45, 7) is 2.25. The maximum absolute atomic E-state index is 10.7. The maximum Gasteiger partial charge on any atom is 1.00 e. The van der Waals surface area contributed by atoms with Crippen LogP contribution in [0.3, 0.4) is 0 Å². The van der Waals surface area contributed by atoms with Crippen molar-refractivity contribution in [3.63, 3.8) is 0 Å². The zero-order valence-electron chi connectivity index (χ0n) is 12.2. The molecule has 0 spiro atoms. The Morgan fingerprint density at radius 3 is 2.77 bits per heavy atom. The molecule has 4 nitrogen and oxygen atoms in total. The molecule has 2 rings (SSSR count). The van der Waals surface area contributed by atoms with Crippen molar-refractivity contribution in [2.75, 3.05) is 17.2 Å². The van der Waals surface area contributed by atoms with E-state index in [0.717, 1.165) is 20.5 Å². The number of halogens is 1. The average molecular weight is 386 g/mol. The molecule has 1 aromatic carbocycles. The van der Waals surface area contributed by atoms with Gasteiger partial charge in [0.15, 0.2) is 0 Å². The Hall–Kier alpha value is 0.400. The van der Waals surface area contributed by atoms with E-state index < -0.39 is 10.1 Å². The fourth-order valence-electron chi connectivity index (χ4n) is 1.99. The average Bonchev–Trinajstić information content (AvgIpc) is 2.65. The number of allylic oxidation sites excluding steroid dienone is 1. The molecule has 0 fully saturated rings. The Labute approximate surface area is 167 Å². The molecule has 9 heteroatoms. The number of anilines is 1. The summed E-state index contributed by atoms with van der Waals surface area (Å²) in [6.07, 6.45) is 2.12. The summed E-state index contributed by atoms with van der Waals surface area (Å²) in [7, 11) is -4.20. The molecule has 1 aliphatic rings. The van der Waals surface area contributed by atoms with Gasteiger partial charge in [0.1, 0.15) is 0 Å². The van der Waals surface area contributed by atoms with Crippen molar-refractivity contribution in [2.24, 2.45) is 0 Å². The van der Waals surface area contributed by atoms with Gasteiger partial charge in [-0.2, -0.15) is 0 Å². The van der Waals surface area contributed by atoms with E-state index in [1.54, 1.807) is 17.8 Å². The second-order valence-electron chi connectivity index (χ2n) is 4.57. The van der Waals surface area contributed by atoms with Crippen molar-refractivity contribution in [3.05, 3.63) is 34.3 Å². The molecular weight excluding hydrogens is 373 g/mol. The molecule has 0 atom stereocenters. The van der Waals surface area contributed by atoms with Gasteiger partial charge in [-0.05, 0) is 37.6 Å². The van der Waals surface area contributed by atoms with E-state index in [1.807, 2.05) is 30.0 Å². The largest absolute Gasteiger partial charge is 1.00 e. The molecule has 1 aliphatic heterocycles. The van der Waals surface area contributed by atoms with Gasteiger partial charge >= 0.3 is 29.6 Å². The van der Waals surface area contributed by atoms with Gasteiger partial charge in [0.05, 0.1) is 20.8 Å². The summed E-state index contributed by atoms with van der Waals surface area (Å²) in [4.78, 5) is 3.72. The second-order valence-corrected chi connectivity index (χ2v) is 8.24. The van der Waals surface area contributed by atoms with E-state index in [-0.39, 0.29) is 41.7 Å². The molecular formula is C13H13ClNNaO3S3. The molecule has 22 heavy (non-hydrogen) atoms. The first-order valence-corrected chi connectivity index (χ1v) is 9.35. The van der Waals surface area contributed by atoms with E-state index in [1.165, 1.54) is 0 Å².